The highest BCUT2D eigenvalue weighted by molar-refractivity contribution is 7.09. The van der Waals surface area contributed by atoms with Gasteiger partial charge in [0.25, 0.3) is 0 Å². The van der Waals surface area contributed by atoms with Crippen molar-refractivity contribution in [1.82, 2.24) is 9.88 Å². The molecule has 1 saturated heterocycles. The molecule has 1 atom stereocenters. The second kappa shape index (κ2) is 6.35. The summed E-state index contributed by atoms with van der Waals surface area (Å²) in [5, 5.41) is 3.07. The van der Waals surface area contributed by atoms with Crippen molar-refractivity contribution in [3.63, 3.8) is 0 Å². The zero-order valence-corrected chi connectivity index (χ0v) is 12.9. The fourth-order valence-corrected chi connectivity index (χ4v) is 2.91. The number of hydrogen-bond donors (Lipinski definition) is 0. The molecule has 2 heterocycles. The first-order chi connectivity index (χ1) is 9.47. The standard InChI is InChI=1S/C14H20N2O3S/c1-9(2)13-15-11(8-20-13)7-16(3)12(17)6-10-4-5-19-14(10)18/h8-10H,4-7H2,1-3H3/t10-/m1/s1. The number of carbonyl (C=O) groups is 2. The Labute approximate surface area is 122 Å². The van der Waals surface area contributed by atoms with Crippen LogP contribution in [-0.2, 0) is 20.9 Å². The predicted molar refractivity (Wildman–Crippen MR) is 76.4 cm³/mol. The monoisotopic (exact) mass is 296 g/mol. The lowest BCUT2D eigenvalue weighted by molar-refractivity contribution is -0.144. The fourth-order valence-electron chi connectivity index (χ4n) is 2.08. The first kappa shape index (κ1) is 15.0. The van der Waals surface area contributed by atoms with Gasteiger partial charge in [0, 0.05) is 24.8 Å². The van der Waals surface area contributed by atoms with Crippen molar-refractivity contribution >= 4 is 23.2 Å². The number of nitrogens with zero attached hydrogens (tertiary/aromatic N) is 2. The van der Waals surface area contributed by atoms with Gasteiger partial charge >= 0.3 is 5.97 Å². The van der Waals surface area contributed by atoms with E-state index in [2.05, 4.69) is 18.8 Å². The molecule has 110 valence electrons. The van der Waals surface area contributed by atoms with Gasteiger partial charge in [0.1, 0.15) is 0 Å². The molecule has 1 amide bonds. The van der Waals surface area contributed by atoms with E-state index in [4.69, 9.17) is 4.74 Å². The van der Waals surface area contributed by atoms with Crippen LogP contribution in [0.2, 0.25) is 0 Å². The minimum absolute atomic E-state index is 0.0343. The van der Waals surface area contributed by atoms with Crippen LogP contribution in [-0.4, -0.2) is 35.4 Å². The van der Waals surface area contributed by atoms with E-state index in [1.807, 2.05) is 5.38 Å². The van der Waals surface area contributed by atoms with Crippen molar-refractivity contribution in [2.75, 3.05) is 13.7 Å². The number of hydrogen-bond acceptors (Lipinski definition) is 5. The maximum absolute atomic E-state index is 12.1. The Balaban J connectivity index is 1.88. The van der Waals surface area contributed by atoms with E-state index in [1.54, 1.807) is 23.3 Å². The summed E-state index contributed by atoms with van der Waals surface area (Å²) in [6.07, 6.45) is 0.878. The van der Waals surface area contributed by atoms with Crippen LogP contribution in [0.25, 0.3) is 0 Å². The lowest BCUT2D eigenvalue weighted by Gasteiger charge is -2.17. The summed E-state index contributed by atoms with van der Waals surface area (Å²) >= 11 is 1.62. The van der Waals surface area contributed by atoms with E-state index < -0.39 is 0 Å². The van der Waals surface area contributed by atoms with E-state index in [-0.39, 0.29) is 24.2 Å². The van der Waals surface area contributed by atoms with Gasteiger partial charge in [0.2, 0.25) is 5.91 Å². The Kier molecular flexibility index (Phi) is 4.75. The number of rotatable bonds is 5. The van der Waals surface area contributed by atoms with Crippen LogP contribution >= 0.6 is 11.3 Å². The number of esters is 1. The topological polar surface area (TPSA) is 59.5 Å². The second-order valence-electron chi connectivity index (χ2n) is 5.44. The molecule has 0 N–H and O–H groups in total. The summed E-state index contributed by atoms with van der Waals surface area (Å²) in [5.74, 6) is -0.148. The van der Waals surface area contributed by atoms with Crippen LogP contribution in [0.3, 0.4) is 0 Å². The highest BCUT2D eigenvalue weighted by atomic mass is 32.1. The van der Waals surface area contributed by atoms with E-state index in [1.165, 1.54) is 0 Å². The van der Waals surface area contributed by atoms with Gasteiger partial charge in [-0.2, -0.15) is 0 Å². The summed E-state index contributed by atoms with van der Waals surface area (Å²) in [6.45, 7) is 5.13. The molecule has 6 heteroatoms. The molecule has 0 saturated carbocycles. The minimum atomic E-state index is -0.272. The first-order valence-electron chi connectivity index (χ1n) is 6.82. The maximum Gasteiger partial charge on any atom is 0.309 e. The van der Waals surface area contributed by atoms with Crippen molar-refractivity contribution < 1.29 is 14.3 Å². The largest absolute Gasteiger partial charge is 0.465 e. The average Bonchev–Trinajstić information content (AvgIpc) is 2.99. The molecule has 1 fully saturated rings. The van der Waals surface area contributed by atoms with Gasteiger partial charge in [-0.1, -0.05) is 13.8 Å². The summed E-state index contributed by atoms with van der Waals surface area (Å²) in [5.41, 5.74) is 0.906. The lowest BCUT2D eigenvalue weighted by atomic mass is 10.0. The van der Waals surface area contributed by atoms with Crippen molar-refractivity contribution in [3.05, 3.63) is 16.1 Å². The number of ether oxygens (including phenoxy) is 1. The lowest BCUT2D eigenvalue weighted by Crippen LogP contribution is -2.29. The zero-order valence-electron chi connectivity index (χ0n) is 12.1. The Hall–Kier alpha value is -1.43. The third-order valence-corrected chi connectivity index (χ3v) is 4.55. The molecule has 0 radical (unpaired) electrons. The Morgan fingerprint density at radius 3 is 2.90 bits per heavy atom. The van der Waals surface area contributed by atoms with Gasteiger partial charge < -0.3 is 9.64 Å². The SMILES string of the molecule is CC(C)c1nc(CN(C)C(=O)C[C@H]2CCOC2=O)cs1. The molecule has 1 aromatic rings. The van der Waals surface area contributed by atoms with E-state index >= 15 is 0 Å². The Bertz CT molecular complexity index is 498. The molecule has 0 spiro atoms. The zero-order chi connectivity index (χ0) is 14.7. The predicted octanol–water partition coefficient (Wildman–Crippen LogP) is 2.18. The minimum Gasteiger partial charge on any atom is -0.465 e. The number of thiazole rings is 1. The normalized spacial score (nSPS) is 18.4. The highest BCUT2D eigenvalue weighted by Gasteiger charge is 2.29. The van der Waals surface area contributed by atoms with Crippen LogP contribution in [0.15, 0.2) is 5.38 Å². The molecule has 1 aliphatic rings. The van der Waals surface area contributed by atoms with Gasteiger partial charge in [-0.05, 0) is 6.42 Å². The van der Waals surface area contributed by atoms with Crippen molar-refractivity contribution in [3.8, 4) is 0 Å². The number of carbonyl (C=O) groups excluding carboxylic acids is 2. The molecule has 0 aliphatic carbocycles. The highest BCUT2D eigenvalue weighted by Crippen LogP contribution is 2.21. The summed E-state index contributed by atoms with van der Waals surface area (Å²) in [4.78, 5) is 29.6. The Morgan fingerprint density at radius 2 is 2.35 bits per heavy atom. The smallest absolute Gasteiger partial charge is 0.309 e. The number of amides is 1. The molecular formula is C14H20N2O3S. The number of aromatic nitrogens is 1. The molecule has 0 aromatic carbocycles. The van der Waals surface area contributed by atoms with Gasteiger partial charge in [0.15, 0.2) is 0 Å². The first-order valence-corrected chi connectivity index (χ1v) is 7.70. The average molecular weight is 296 g/mol. The molecule has 2 rings (SSSR count). The molecule has 0 unspecified atom stereocenters. The van der Waals surface area contributed by atoms with Crippen molar-refractivity contribution in [2.45, 2.75) is 39.2 Å². The van der Waals surface area contributed by atoms with E-state index in [0.29, 0.717) is 25.5 Å². The maximum atomic E-state index is 12.1. The van der Waals surface area contributed by atoms with E-state index in [9.17, 15) is 9.59 Å². The second-order valence-corrected chi connectivity index (χ2v) is 6.33. The van der Waals surface area contributed by atoms with Crippen LogP contribution in [0.1, 0.15) is 43.3 Å². The quantitative estimate of drug-likeness (QED) is 0.781. The summed E-state index contributed by atoms with van der Waals surface area (Å²) in [7, 11) is 1.75. The molecule has 1 aromatic heterocycles. The number of cyclic esters (lactones) is 1. The Morgan fingerprint density at radius 1 is 1.60 bits per heavy atom. The van der Waals surface area contributed by atoms with Crippen LogP contribution in [0.5, 0.6) is 0 Å². The molecule has 1 aliphatic heterocycles. The molecule has 0 bridgehead atoms. The fraction of sp³-hybridized carbons (Fsp3) is 0.643. The van der Waals surface area contributed by atoms with Gasteiger partial charge in [-0.25, -0.2) is 4.98 Å². The molecule has 5 nitrogen and oxygen atoms in total. The van der Waals surface area contributed by atoms with Gasteiger partial charge in [-0.3, -0.25) is 9.59 Å². The van der Waals surface area contributed by atoms with Crippen molar-refractivity contribution in [1.29, 1.82) is 0 Å². The van der Waals surface area contributed by atoms with Gasteiger partial charge in [-0.15, -0.1) is 11.3 Å². The van der Waals surface area contributed by atoms with Crippen LogP contribution < -0.4 is 0 Å². The van der Waals surface area contributed by atoms with E-state index in [0.717, 1.165) is 10.7 Å². The summed E-state index contributed by atoms with van der Waals surface area (Å²) < 4.78 is 4.87. The van der Waals surface area contributed by atoms with Crippen molar-refractivity contribution in [2.24, 2.45) is 5.92 Å². The molecule has 20 heavy (non-hydrogen) atoms. The third kappa shape index (κ3) is 3.56. The molecular weight excluding hydrogens is 276 g/mol. The van der Waals surface area contributed by atoms with Crippen LogP contribution in [0, 0.1) is 5.92 Å². The third-order valence-electron chi connectivity index (χ3n) is 3.35. The van der Waals surface area contributed by atoms with Gasteiger partial charge in [0.05, 0.1) is 29.8 Å². The summed E-state index contributed by atoms with van der Waals surface area (Å²) in [6, 6.07) is 0. The van der Waals surface area contributed by atoms with Crippen LogP contribution in [0.4, 0.5) is 0 Å².